The second-order valence-corrected chi connectivity index (χ2v) is 4.83. The molecule has 2 fully saturated rings. The third kappa shape index (κ3) is 1.09. The number of rotatable bonds is 2. The molecule has 2 unspecified atom stereocenters. The number of aromatic nitrogens is 3. The molecule has 14 heavy (non-hydrogen) atoms. The van der Waals surface area contributed by atoms with Gasteiger partial charge in [0.05, 0.1) is 13.2 Å². The number of nitrogens with zero attached hydrogens (tertiary/aromatic N) is 2. The fourth-order valence-electron chi connectivity index (χ4n) is 2.39. The lowest BCUT2D eigenvalue weighted by Gasteiger charge is -2.12. The third-order valence-electron chi connectivity index (χ3n) is 3.49. The molecule has 1 N–H and O–H groups in total. The Bertz CT molecular complexity index is 424. The smallest absolute Gasteiger partial charge is 0.195 e. The zero-order valence-electron chi connectivity index (χ0n) is 8.12. The quantitative estimate of drug-likeness (QED) is 0.749. The monoisotopic (exact) mass is 211 g/mol. The van der Waals surface area contributed by atoms with Crippen LogP contribution < -0.4 is 0 Å². The maximum absolute atomic E-state index is 5.46. The van der Waals surface area contributed by atoms with Crippen LogP contribution >= 0.6 is 12.2 Å². The van der Waals surface area contributed by atoms with Crippen molar-refractivity contribution in [3.8, 4) is 0 Å². The second kappa shape index (κ2) is 2.67. The molecule has 0 radical (unpaired) electrons. The summed E-state index contributed by atoms with van der Waals surface area (Å²) in [4.78, 5) is 0. The van der Waals surface area contributed by atoms with Gasteiger partial charge in [-0.3, -0.25) is 5.10 Å². The summed E-state index contributed by atoms with van der Waals surface area (Å²) in [5.74, 6) is 1.74. The minimum atomic E-state index is 0.382. The molecule has 0 spiro atoms. The molecular formula is C9H13N3OS. The summed E-state index contributed by atoms with van der Waals surface area (Å²) >= 11 is 5.18. The fraction of sp³-hybridized carbons (Fsp3) is 0.778. The van der Waals surface area contributed by atoms with Gasteiger partial charge in [-0.2, -0.15) is 5.10 Å². The average Bonchev–Trinajstić information content (AvgIpc) is 2.57. The van der Waals surface area contributed by atoms with Crippen LogP contribution in [0.3, 0.4) is 0 Å². The molecule has 5 heteroatoms. The molecule has 2 atom stereocenters. The number of hydrogen-bond acceptors (Lipinski definition) is 3. The predicted molar refractivity (Wildman–Crippen MR) is 53.5 cm³/mol. The molecule has 0 bridgehead atoms. The molecule has 1 aliphatic heterocycles. The van der Waals surface area contributed by atoms with Crippen LogP contribution in [-0.4, -0.2) is 28.0 Å². The highest BCUT2D eigenvalue weighted by molar-refractivity contribution is 7.71. The lowest BCUT2D eigenvalue weighted by atomic mass is 10.1. The largest absolute Gasteiger partial charge is 0.380 e. The molecule has 1 saturated heterocycles. The first-order valence-corrected chi connectivity index (χ1v) is 5.32. The van der Waals surface area contributed by atoms with E-state index in [1.807, 2.05) is 6.92 Å². The van der Waals surface area contributed by atoms with E-state index in [1.54, 1.807) is 0 Å². The Balaban J connectivity index is 1.88. The van der Waals surface area contributed by atoms with Crippen molar-refractivity contribution in [1.29, 1.82) is 0 Å². The van der Waals surface area contributed by atoms with E-state index in [0.717, 1.165) is 36.3 Å². The van der Waals surface area contributed by atoms with Crippen LogP contribution in [0.25, 0.3) is 0 Å². The van der Waals surface area contributed by atoms with Crippen molar-refractivity contribution in [1.82, 2.24) is 14.8 Å². The summed E-state index contributed by atoms with van der Waals surface area (Å²) in [5.41, 5.74) is 0.382. The van der Waals surface area contributed by atoms with Crippen LogP contribution in [0.2, 0.25) is 0 Å². The Morgan fingerprint density at radius 3 is 3.14 bits per heavy atom. The molecule has 1 aromatic heterocycles. The number of nitrogens with one attached hydrogen (secondary N) is 1. The van der Waals surface area contributed by atoms with E-state index in [9.17, 15) is 0 Å². The molecule has 1 aliphatic carbocycles. The van der Waals surface area contributed by atoms with Gasteiger partial charge in [0, 0.05) is 12.0 Å². The Labute approximate surface area is 87.3 Å². The molecule has 4 nitrogen and oxygen atoms in total. The average molecular weight is 211 g/mol. The second-order valence-electron chi connectivity index (χ2n) is 4.44. The molecular weight excluding hydrogens is 198 g/mol. The summed E-state index contributed by atoms with van der Waals surface area (Å²) in [6.07, 6.45) is 1.29. The van der Waals surface area contributed by atoms with E-state index in [-0.39, 0.29) is 0 Å². The highest BCUT2D eigenvalue weighted by Crippen LogP contribution is 2.57. The van der Waals surface area contributed by atoms with Gasteiger partial charge in [0.25, 0.3) is 0 Å². The van der Waals surface area contributed by atoms with E-state index in [2.05, 4.69) is 14.8 Å². The van der Waals surface area contributed by atoms with E-state index < -0.39 is 0 Å². The van der Waals surface area contributed by atoms with Crippen molar-refractivity contribution in [3.05, 3.63) is 10.6 Å². The van der Waals surface area contributed by atoms with Crippen LogP contribution in [0.4, 0.5) is 0 Å². The molecule has 76 valence electrons. The van der Waals surface area contributed by atoms with Crippen LogP contribution in [0.5, 0.6) is 0 Å². The summed E-state index contributed by atoms with van der Waals surface area (Å²) in [7, 11) is 0. The van der Waals surface area contributed by atoms with Gasteiger partial charge in [-0.1, -0.05) is 0 Å². The van der Waals surface area contributed by atoms with Crippen molar-refractivity contribution in [2.45, 2.75) is 19.9 Å². The Morgan fingerprint density at radius 1 is 1.79 bits per heavy atom. The van der Waals surface area contributed by atoms with E-state index in [0.29, 0.717) is 5.41 Å². The van der Waals surface area contributed by atoms with Gasteiger partial charge in [0.1, 0.15) is 5.82 Å². The molecule has 2 heterocycles. The molecule has 2 aliphatic rings. The minimum absolute atomic E-state index is 0.382. The predicted octanol–water partition coefficient (Wildman–Crippen LogP) is 1.29. The van der Waals surface area contributed by atoms with Crippen LogP contribution in [0, 0.1) is 23.0 Å². The van der Waals surface area contributed by atoms with Gasteiger partial charge in [-0.25, -0.2) is 0 Å². The summed E-state index contributed by atoms with van der Waals surface area (Å²) < 4.78 is 8.28. The molecule has 1 aromatic rings. The van der Waals surface area contributed by atoms with Gasteiger partial charge in [-0.05, 0) is 31.5 Å². The lowest BCUT2D eigenvalue weighted by molar-refractivity contribution is 0.141. The highest BCUT2D eigenvalue weighted by Gasteiger charge is 2.58. The van der Waals surface area contributed by atoms with Gasteiger partial charge in [0.15, 0.2) is 4.77 Å². The number of ether oxygens (including phenoxy) is 1. The first-order chi connectivity index (χ1) is 6.71. The topological polar surface area (TPSA) is 42.8 Å². The molecule has 3 rings (SSSR count). The van der Waals surface area contributed by atoms with Crippen LogP contribution in [0.15, 0.2) is 0 Å². The molecule has 0 amide bonds. The van der Waals surface area contributed by atoms with E-state index >= 15 is 0 Å². The van der Waals surface area contributed by atoms with Crippen LogP contribution in [-0.2, 0) is 11.3 Å². The van der Waals surface area contributed by atoms with Gasteiger partial charge < -0.3 is 9.30 Å². The maximum Gasteiger partial charge on any atom is 0.195 e. The molecule has 0 aromatic carbocycles. The Hall–Kier alpha value is -0.680. The summed E-state index contributed by atoms with van der Waals surface area (Å²) in [6.45, 7) is 4.78. The number of aryl methyl sites for hydroxylation is 1. The highest BCUT2D eigenvalue weighted by atomic mass is 32.1. The SMILES string of the molecule is Cc1n[nH]c(=S)n1CC12COCC1C2. The lowest BCUT2D eigenvalue weighted by Crippen LogP contribution is -2.16. The zero-order chi connectivity index (χ0) is 9.76. The zero-order valence-corrected chi connectivity index (χ0v) is 8.93. The normalized spacial score (nSPS) is 34.5. The maximum atomic E-state index is 5.46. The first kappa shape index (κ1) is 8.61. The van der Waals surface area contributed by atoms with Crippen molar-refractivity contribution in [2.24, 2.45) is 11.3 Å². The summed E-state index contributed by atoms with van der Waals surface area (Å²) in [6, 6.07) is 0. The van der Waals surface area contributed by atoms with Crippen molar-refractivity contribution in [3.63, 3.8) is 0 Å². The summed E-state index contributed by atoms with van der Waals surface area (Å²) in [5, 5.41) is 6.93. The number of aromatic amines is 1. The van der Waals surface area contributed by atoms with Crippen molar-refractivity contribution < 1.29 is 4.74 Å². The minimum Gasteiger partial charge on any atom is -0.380 e. The van der Waals surface area contributed by atoms with Crippen molar-refractivity contribution >= 4 is 12.2 Å². The number of hydrogen-bond donors (Lipinski definition) is 1. The van der Waals surface area contributed by atoms with Gasteiger partial charge in [-0.15, -0.1) is 0 Å². The Kier molecular flexibility index (Phi) is 1.64. The standard InChI is InChI=1S/C9H13N3OS/c1-6-10-11-8(14)12(6)4-9-2-7(9)3-13-5-9/h7H,2-5H2,1H3,(H,11,14). The van der Waals surface area contributed by atoms with Crippen LogP contribution in [0.1, 0.15) is 12.2 Å². The van der Waals surface area contributed by atoms with E-state index in [1.165, 1.54) is 6.42 Å². The molecule has 1 saturated carbocycles. The number of H-pyrrole nitrogens is 1. The van der Waals surface area contributed by atoms with Gasteiger partial charge >= 0.3 is 0 Å². The number of fused-ring (bicyclic) bond motifs is 1. The fourth-order valence-corrected chi connectivity index (χ4v) is 2.63. The van der Waals surface area contributed by atoms with Gasteiger partial charge in [0.2, 0.25) is 0 Å². The van der Waals surface area contributed by atoms with E-state index in [4.69, 9.17) is 17.0 Å². The first-order valence-electron chi connectivity index (χ1n) is 4.91. The Morgan fingerprint density at radius 2 is 2.64 bits per heavy atom. The van der Waals surface area contributed by atoms with Crippen molar-refractivity contribution in [2.75, 3.05) is 13.2 Å². The third-order valence-corrected chi connectivity index (χ3v) is 3.80.